The molecule has 0 aliphatic carbocycles. The van der Waals surface area contributed by atoms with Crippen LogP contribution in [0.15, 0.2) is 48.7 Å². The third kappa shape index (κ3) is 4.40. The lowest BCUT2D eigenvalue weighted by Gasteiger charge is -2.57. The number of fused-ring (bicyclic) bond motifs is 4. The van der Waals surface area contributed by atoms with E-state index in [1.54, 1.807) is 6.20 Å². The van der Waals surface area contributed by atoms with Gasteiger partial charge in [-0.05, 0) is 75.6 Å². The van der Waals surface area contributed by atoms with E-state index in [4.69, 9.17) is 4.98 Å². The summed E-state index contributed by atoms with van der Waals surface area (Å²) in [6, 6.07) is 16.2. The molecule has 0 radical (unpaired) electrons. The molecule has 170 valence electrons. The van der Waals surface area contributed by atoms with Crippen molar-refractivity contribution in [2.75, 3.05) is 24.5 Å². The molecule has 1 amide bonds. The predicted molar refractivity (Wildman–Crippen MR) is 129 cm³/mol. The number of pyridine rings is 1. The van der Waals surface area contributed by atoms with Gasteiger partial charge in [-0.15, -0.1) is 0 Å². The van der Waals surface area contributed by atoms with E-state index in [1.807, 2.05) is 26.0 Å². The van der Waals surface area contributed by atoms with Crippen molar-refractivity contribution in [1.82, 2.24) is 15.2 Å². The third-order valence-electron chi connectivity index (χ3n) is 7.66. The van der Waals surface area contributed by atoms with Gasteiger partial charge >= 0.3 is 0 Å². The second-order valence-electron chi connectivity index (χ2n) is 10.2. The second-order valence-corrected chi connectivity index (χ2v) is 10.2. The number of carbonyl (C=O) groups excluding carboxylic acids is 1. The predicted octanol–water partition coefficient (Wildman–Crippen LogP) is 4.14. The van der Waals surface area contributed by atoms with Crippen molar-refractivity contribution in [3.63, 3.8) is 0 Å². The lowest BCUT2D eigenvalue weighted by Crippen LogP contribution is -2.64. The SMILES string of the molecule is CC(C)NC(=O)c1ccnc(N2C[C@H]3C[C@@H](C2)[C@H](Cc2ccccc2)N2CCCC[C@@H]32)c1. The van der Waals surface area contributed by atoms with Gasteiger partial charge in [0.2, 0.25) is 0 Å². The summed E-state index contributed by atoms with van der Waals surface area (Å²) in [6.07, 6.45) is 8.25. The number of hydrogen-bond donors (Lipinski definition) is 1. The molecule has 0 saturated carbocycles. The maximum Gasteiger partial charge on any atom is 0.251 e. The first-order valence-corrected chi connectivity index (χ1v) is 12.4. The van der Waals surface area contributed by atoms with Gasteiger partial charge in [0.05, 0.1) is 0 Å². The largest absolute Gasteiger partial charge is 0.356 e. The Balaban J connectivity index is 1.39. The molecule has 32 heavy (non-hydrogen) atoms. The van der Waals surface area contributed by atoms with E-state index in [0.29, 0.717) is 29.5 Å². The second kappa shape index (κ2) is 9.22. The van der Waals surface area contributed by atoms with Gasteiger partial charge in [-0.1, -0.05) is 36.8 Å². The lowest BCUT2D eigenvalue weighted by molar-refractivity contribution is -0.0318. The van der Waals surface area contributed by atoms with Crippen molar-refractivity contribution < 1.29 is 4.79 Å². The van der Waals surface area contributed by atoms with Gasteiger partial charge in [0.15, 0.2) is 0 Å². The van der Waals surface area contributed by atoms with Crippen molar-refractivity contribution in [2.24, 2.45) is 11.8 Å². The summed E-state index contributed by atoms with van der Waals surface area (Å²) in [5, 5.41) is 3.01. The van der Waals surface area contributed by atoms with Crippen LogP contribution in [0.4, 0.5) is 5.82 Å². The maximum absolute atomic E-state index is 12.6. The normalized spacial score (nSPS) is 27.8. The molecule has 2 aromatic rings. The number of amides is 1. The molecular formula is C27H36N4O. The van der Waals surface area contributed by atoms with Crippen LogP contribution in [0.25, 0.3) is 0 Å². The van der Waals surface area contributed by atoms with E-state index in [2.05, 4.69) is 45.4 Å². The Morgan fingerprint density at radius 1 is 1.12 bits per heavy atom. The zero-order chi connectivity index (χ0) is 22.1. The first kappa shape index (κ1) is 21.4. The molecule has 3 aliphatic rings. The van der Waals surface area contributed by atoms with E-state index < -0.39 is 0 Å². The number of benzene rings is 1. The summed E-state index contributed by atoms with van der Waals surface area (Å²) in [4.78, 5) is 22.6. The van der Waals surface area contributed by atoms with Crippen molar-refractivity contribution in [3.05, 3.63) is 59.8 Å². The Morgan fingerprint density at radius 2 is 1.94 bits per heavy atom. The summed E-state index contributed by atoms with van der Waals surface area (Å²) in [7, 11) is 0. The highest BCUT2D eigenvalue weighted by atomic mass is 16.1. The third-order valence-corrected chi connectivity index (χ3v) is 7.66. The highest BCUT2D eigenvalue weighted by Gasteiger charge is 2.47. The van der Waals surface area contributed by atoms with Crippen molar-refractivity contribution in [2.45, 2.75) is 64.1 Å². The fraction of sp³-hybridized carbons (Fsp3) is 0.556. The van der Waals surface area contributed by atoms with Crippen LogP contribution in [-0.2, 0) is 6.42 Å². The molecule has 3 saturated heterocycles. The summed E-state index contributed by atoms with van der Waals surface area (Å²) >= 11 is 0. The van der Waals surface area contributed by atoms with Crippen molar-refractivity contribution in [1.29, 1.82) is 0 Å². The first-order valence-electron chi connectivity index (χ1n) is 12.4. The van der Waals surface area contributed by atoms with Crippen molar-refractivity contribution in [3.8, 4) is 0 Å². The van der Waals surface area contributed by atoms with Gasteiger partial charge < -0.3 is 10.2 Å². The van der Waals surface area contributed by atoms with E-state index in [9.17, 15) is 4.79 Å². The van der Waals surface area contributed by atoms with Gasteiger partial charge in [0.1, 0.15) is 5.82 Å². The zero-order valence-corrected chi connectivity index (χ0v) is 19.4. The van der Waals surface area contributed by atoms with Gasteiger partial charge in [-0.25, -0.2) is 4.98 Å². The van der Waals surface area contributed by atoms with Crippen LogP contribution in [0.2, 0.25) is 0 Å². The van der Waals surface area contributed by atoms with E-state index in [1.165, 1.54) is 37.8 Å². The Labute approximate surface area is 192 Å². The molecule has 3 aliphatic heterocycles. The quantitative estimate of drug-likeness (QED) is 0.771. The first-order chi connectivity index (χ1) is 15.6. The zero-order valence-electron chi connectivity index (χ0n) is 19.4. The molecule has 2 bridgehead atoms. The molecule has 0 unspecified atom stereocenters. The summed E-state index contributed by atoms with van der Waals surface area (Å²) < 4.78 is 0. The van der Waals surface area contributed by atoms with E-state index in [-0.39, 0.29) is 11.9 Å². The minimum Gasteiger partial charge on any atom is -0.356 e. The Morgan fingerprint density at radius 3 is 2.75 bits per heavy atom. The van der Waals surface area contributed by atoms with Crippen LogP contribution in [0.1, 0.15) is 55.5 Å². The topological polar surface area (TPSA) is 48.5 Å². The highest BCUT2D eigenvalue weighted by molar-refractivity contribution is 5.95. The highest BCUT2D eigenvalue weighted by Crippen LogP contribution is 2.43. The van der Waals surface area contributed by atoms with Crippen LogP contribution in [0.5, 0.6) is 0 Å². The molecule has 1 N–H and O–H groups in total. The number of carbonyl (C=O) groups is 1. The smallest absolute Gasteiger partial charge is 0.251 e. The molecule has 1 aromatic heterocycles. The number of aromatic nitrogens is 1. The molecule has 5 nitrogen and oxygen atoms in total. The van der Waals surface area contributed by atoms with Gasteiger partial charge in [0.25, 0.3) is 5.91 Å². The summed E-state index contributed by atoms with van der Waals surface area (Å²) in [5.41, 5.74) is 2.16. The molecule has 3 fully saturated rings. The molecular weight excluding hydrogens is 396 g/mol. The number of anilines is 1. The molecule has 4 atom stereocenters. The number of hydrogen-bond acceptors (Lipinski definition) is 4. The Kier molecular flexibility index (Phi) is 6.18. The fourth-order valence-electron chi connectivity index (χ4n) is 6.31. The number of piperidine rings is 3. The number of nitrogens with zero attached hydrogens (tertiary/aromatic N) is 3. The summed E-state index contributed by atoms with van der Waals surface area (Å²) in [6.45, 7) is 7.32. The fourth-order valence-corrected chi connectivity index (χ4v) is 6.31. The maximum atomic E-state index is 12.6. The lowest BCUT2D eigenvalue weighted by atomic mass is 9.71. The van der Waals surface area contributed by atoms with Crippen LogP contribution in [0, 0.1) is 11.8 Å². The van der Waals surface area contributed by atoms with Crippen LogP contribution >= 0.6 is 0 Å². The van der Waals surface area contributed by atoms with Crippen LogP contribution in [-0.4, -0.2) is 53.6 Å². The molecule has 5 heteroatoms. The monoisotopic (exact) mass is 432 g/mol. The summed E-state index contributed by atoms with van der Waals surface area (Å²) in [5.74, 6) is 2.27. The van der Waals surface area contributed by atoms with Gasteiger partial charge in [-0.2, -0.15) is 0 Å². The average Bonchev–Trinajstić information content (AvgIpc) is 2.82. The van der Waals surface area contributed by atoms with E-state index in [0.717, 1.165) is 25.3 Å². The molecule has 5 rings (SSSR count). The molecule has 0 spiro atoms. The minimum absolute atomic E-state index is 0.0127. The van der Waals surface area contributed by atoms with Crippen LogP contribution in [0.3, 0.4) is 0 Å². The minimum atomic E-state index is -0.0127. The molecule has 1 aromatic carbocycles. The van der Waals surface area contributed by atoms with Crippen LogP contribution < -0.4 is 10.2 Å². The van der Waals surface area contributed by atoms with Gasteiger partial charge in [0, 0.05) is 43.0 Å². The van der Waals surface area contributed by atoms with Crippen molar-refractivity contribution >= 4 is 11.7 Å². The van der Waals surface area contributed by atoms with E-state index >= 15 is 0 Å². The molecule has 4 heterocycles. The van der Waals surface area contributed by atoms with Gasteiger partial charge in [-0.3, -0.25) is 9.69 Å². The number of nitrogens with one attached hydrogen (secondary N) is 1. The Bertz CT molecular complexity index is 930. The average molecular weight is 433 g/mol. The standard InChI is InChI=1S/C27H36N4O/c1-19(2)29-27(32)21-11-12-28-26(16-21)30-17-22-15-23(18-30)25(14-20-8-4-3-5-9-20)31-13-7-6-10-24(22)31/h3-5,8-9,11-12,16,19,22-25H,6-7,10,13-15,17-18H2,1-2H3,(H,29,32)/t22-,23+,24+,25+/m1/s1. The number of rotatable bonds is 5. The Hall–Kier alpha value is -2.40.